The van der Waals surface area contributed by atoms with Gasteiger partial charge in [-0.25, -0.2) is 4.98 Å². The lowest BCUT2D eigenvalue weighted by Crippen LogP contribution is -2.49. The third-order valence-corrected chi connectivity index (χ3v) is 6.96. The van der Waals surface area contributed by atoms with Crippen LogP contribution in [-0.2, 0) is 4.74 Å². The molecule has 7 nitrogen and oxygen atoms in total. The third kappa shape index (κ3) is 5.11. The van der Waals surface area contributed by atoms with E-state index in [-0.39, 0.29) is 23.4 Å². The molecule has 1 aliphatic heterocycles. The third-order valence-electron chi connectivity index (χ3n) is 6.96. The molecular formula is C25H34N4O3. The molecular weight excluding hydrogens is 404 g/mol. The van der Waals surface area contributed by atoms with E-state index in [1.165, 1.54) is 5.56 Å². The molecule has 7 heteroatoms. The van der Waals surface area contributed by atoms with Gasteiger partial charge < -0.3 is 20.9 Å². The smallest absolute Gasteiger partial charge is 0.255 e. The Hall–Kier alpha value is -2.48. The highest BCUT2D eigenvalue weighted by Gasteiger charge is 2.32. The average Bonchev–Trinajstić information content (AvgIpc) is 2.81. The van der Waals surface area contributed by atoms with Gasteiger partial charge in [-0.15, -0.1) is 0 Å². The Morgan fingerprint density at radius 1 is 1.22 bits per heavy atom. The number of benzene rings is 1. The van der Waals surface area contributed by atoms with Gasteiger partial charge in [0.25, 0.3) is 5.91 Å². The minimum atomic E-state index is -0.337. The fourth-order valence-electron chi connectivity index (χ4n) is 4.65. The predicted octanol–water partition coefficient (Wildman–Crippen LogP) is 3.15. The van der Waals surface area contributed by atoms with Gasteiger partial charge in [-0.05, 0) is 56.7 Å². The van der Waals surface area contributed by atoms with Crippen molar-refractivity contribution >= 4 is 11.7 Å². The van der Waals surface area contributed by atoms with Gasteiger partial charge in [-0.1, -0.05) is 24.3 Å². The molecule has 1 aliphatic carbocycles. The Morgan fingerprint density at radius 2 is 1.88 bits per heavy atom. The number of nitrogen functional groups attached to an aromatic ring is 1. The van der Waals surface area contributed by atoms with E-state index in [9.17, 15) is 9.90 Å². The molecule has 0 radical (unpaired) electrons. The van der Waals surface area contributed by atoms with Gasteiger partial charge in [0.15, 0.2) is 0 Å². The number of carbonyl (C=O) groups excluding carboxylic acids is 1. The number of aromatic nitrogens is 1. The topological polar surface area (TPSA) is 101 Å². The molecule has 1 aromatic carbocycles. The molecule has 2 aliphatic rings. The van der Waals surface area contributed by atoms with Crippen molar-refractivity contribution < 1.29 is 14.6 Å². The molecule has 2 fully saturated rings. The molecule has 0 unspecified atom stereocenters. The molecule has 1 amide bonds. The van der Waals surface area contributed by atoms with Gasteiger partial charge in [0.05, 0.1) is 24.9 Å². The first-order chi connectivity index (χ1) is 15.3. The van der Waals surface area contributed by atoms with Crippen LogP contribution in [0, 0.1) is 0 Å². The van der Waals surface area contributed by atoms with E-state index < -0.39 is 0 Å². The number of carbonyl (C=O) groups is 1. The normalized spacial score (nSPS) is 25.3. The minimum Gasteiger partial charge on any atom is -0.393 e. The summed E-state index contributed by atoms with van der Waals surface area (Å²) in [5.74, 6) is 0.0107. The number of nitrogens with two attached hydrogens (primary N) is 1. The van der Waals surface area contributed by atoms with Crippen LogP contribution >= 0.6 is 0 Å². The van der Waals surface area contributed by atoms with Gasteiger partial charge in [0, 0.05) is 36.4 Å². The molecule has 4 N–H and O–H groups in total. The highest BCUT2D eigenvalue weighted by molar-refractivity contribution is 5.99. The van der Waals surface area contributed by atoms with E-state index >= 15 is 0 Å². The Labute approximate surface area is 190 Å². The molecule has 1 atom stereocenters. The molecule has 4 rings (SSSR count). The number of aliphatic hydroxyl groups excluding tert-OH is 1. The van der Waals surface area contributed by atoms with Crippen molar-refractivity contribution in [3.05, 3.63) is 47.7 Å². The number of hydrogen-bond donors (Lipinski definition) is 3. The van der Waals surface area contributed by atoms with Crippen molar-refractivity contribution in [2.75, 3.05) is 32.0 Å². The first-order valence-electron chi connectivity index (χ1n) is 11.5. The highest BCUT2D eigenvalue weighted by Crippen LogP contribution is 2.30. The lowest BCUT2D eigenvalue weighted by atomic mass is 9.81. The van der Waals surface area contributed by atoms with Crippen LogP contribution < -0.4 is 11.1 Å². The van der Waals surface area contributed by atoms with Crippen molar-refractivity contribution in [1.29, 1.82) is 0 Å². The molecule has 2 heterocycles. The van der Waals surface area contributed by atoms with Gasteiger partial charge >= 0.3 is 0 Å². The maximum Gasteiger partial charge on any atom is 0.255 e. The largest absolute Gasteiger partial charge is 0.393 e. The Kier molecular flexibility index (Phi) is 6.79. The van der Waals surface area contributed by atoms with Gasteiger partial charge in [0.1, 0.15) is 5.82 Å². The summed E-state index contributed by atoms with van der Waals surface area (Å²) in [6, 6.07) is 10.6. The second-order valence-electron chi connectivity index (χ2n) is 9.35. The van der Waals surface area contributed by atoms with Crippen molar-refractivity contribution in [3.8, 4) is 11.1 Å². The number of pyridine rings is 1. The summed E-state index contributed by atoms with van der Waals surface area (Å²) >= 11 is 0. The van der Waals surface area contributed by atoms with Crippen LogP contribution in [0.25, 0.3) is 11.1 Å². The predicted molar refractivity (Wildman–Crippen MR) is 125 cm³/mol. The molecule has 0 bridgehead atoms. The van der Waals surface area contributed by atoms with E-state index in [0.29, 0.717) is 24.4 Å². The SMILES string of the molecule is C[C@H](c1ccc(-c2cnc(N)c(C(=O)N[C@]3(C)CC[C@@H](O)CC3)c2)cc1)N1CCOCC1. The van der Waals surface area contributed by atoms with Crippen LogP contribution in [0.2, 0.25) is 0 Å². The second-order valence-corrected chi connectivity index (χ2v) is 9.35. The maximum absolute atomic E-state index is 13.0. The molecule has 32 heavy (non-hydrogen) atoms. The number of ether oxygens (including phenoxy) is 1. The number of amides is 1. The molecule has 172 valence electrons. The second kappa shape index (κ2) is 9.57. The molecule has 1 saturated carbocycles. The van der Waals surface area contributed by atoms with Crippen molar-refractivity contribution in [3.63, 3.8) is 0 Å². The molecule has 2 aromatic rings. The van der Waals surface area contributed by atoms with E-state index in [1.807, 2.05) is 13.0 Å². The molecule has 0 spiro atoms. The monoisotopic (exact) mass is 438 g/mol. The quantitative estimate of drug-likeness (QED) is 0.663. The van der Waals surface area contributed by atoms with Crippen LogP contribution in [0.3, 0.4) is 0 Å². The van der Waals surface area contributed by atoms with Crippen LogP contribution in [0.4, 0.5) is 5.82 Å². The fourth-order valence-corrected chi connectivity index (χ4v) is 4.65. The van der Waals surface area contributed by atoms with Crippen LogP contribution in [0.1, 0.15) is 61.5 Å². The number of nitrogens with zero attached hydrogens (tertiary/aromatic N) is 2. The number of hydrogen-bond acceptors (Lipinski definition) is 6. The zero-order chi connectivity index (χ0) is 22.7. The average molecular weight is 439 g/mol. The van der Waals surface area contributed by atoms with Crippen LogP contribution in [0.15, 0.2) is 36.5 Å². The van der Waals surface area contributed by atoms with E-state index in [0.717, 1.165) is 50.3 Å². The summed E-state index contributed by atoms with van der Waals surface area (Å²) in [7, 11) is 0. The number of aliphatic hydroxyl groups is 1. The molecule has 1 saturated heterocycles. The first-order valence-corrected chi connectivity index (χ1v) is 11.5. The highest BCUT2D eigenvalue weighted by atomic mass is 16.5. The van der Waals surface area contributed by atoms with Gasteiger partial charge in [-0.3, -0.25) is 9.69 Å². The van der Waals surface area contributed by atoms with E-state index in [2.05, 4.69) is 46.4 Å². The molecule has 1 aromatic heterocycles. The van der Waals surface area contributed by atoms with E-state index in [1.54, 1.807) is 6.20 Å². The lowest BCUT2D eigenvalue weighted by Gasteiger charge is -2.36. The van der Waals surface area contributed by atoms with E-state index in [4.69, 9.17) is 10.5 Å². The Balaban J connectivity index is 1.49. The van der Waals surface area contributed by atoms with Crippen molar-refractivity contribution in [1.82, 2.24) is 15.2 Å². The summed E-state index contributed by atoms with van der Waals surface area (Å²) < 4.78 is 5.46. The Bertz CT molecular complexity index is 933. The maximum atomic E-state index is 13.0. The standard InChI is InChI=1S/C25H34N4O3/c1-17(29-11-13-32-14-12-29)18-3-5-19(6-4-18)20-15-22(23(26)27-16-20)24(31)28-25(2)9-7-21(30)8-10-25/h3-6,15-17,21,30H,7-14H2,1-2H3,(H2,26,27)(H,28,31)/t17-,21-,25-/m1/s1. The van der Waals surface area contributed by atoms with Crippen LogP contribution in [0.5, 0.6) is 0 Å². The van der Waals surface area contributed by atoms with Crippen molar-refractivity contribution in [2.24, 2.45) is 0 Å². The number of rotatable bonds is 5. The Morgan fingerprint density at radius 3 is 2.53 bits per heavy atom. The number of nitrogens with one attached hydrogen (secondary N) is 1. The summed E-state index contributed by atoms with van der Waals surface area (Å²) in [5, 5.41) is 12.9. The summed E-state index contributed by atoms with van der Waals surface area (Å²) in [5.41, 5.74) is 9.22. The fraction of sp³-hybridized carbons (Fsp3) is 0.520. The minimum absolute atomic E-state index is 0.215. The summed E-state index contributed by atoms with van der Waals surface area (Å²) in [6.07, 6.45) is 4.32. The zero-order valence-electron chi connectivity index (χ0n) is 19.0. The number of morpholine rings is 1. The van der Waals surface area contributed by atoms with Crippen LogP contribution in [-0.4, -0.2) is 58.8 Å². The number of anilines is 1. The summed E-state index contributed by atoms with van der Waals surface area (Å²) in [6.45, 7) is 7.70. The van der Waals surface area contributed by atoms with Gasteiger partial charge in [0.2, 0.25) is 0 Å². The summed E-state index contributed by atoms with van der Waals surface area (Å²) in [4.78, 5) is 19.7. The van der Waals surface area contributed by atoms with Gasteiger partial charge in [-0.2, -0.15) is 0 Å². The first kappa shape index (κ1) is 22.7. The lowest BCUT2D eigenvalue weighted by molar-refractivity contribution is 0.0198. The van der Waals surface area contributed by atoms with Crippen molar-refractivity contribution in [2.45, 2.75) is 57.2 Å². The zero-order valence-corrected chi connectivity index (χ0v) is 19.0.